The van der Waals surface area contributed by atoms with Crippen LogP contribution in [0.3, 0.4) is 0 Å². The van der Waals surface area contributed by atoms with Crippen molar-refractivity contribution in [2.45, 2.75) is 34.1 Å². The van der Waals surface area contributed by atoms with Crippen LogP contribution in [0.25, 0.3) is 0 Å². The number of hydrazine groups is 1. The number of likely N-dealkylation sites (N-methyl/N-ethyl adjacent to an activating group) is 2. The van der Waals surface area contributed by atoms with E-state index in [1.165, 1.54) is 0 Å². The first-order valence-corrected chi connectivity index (χ1v) is 7.31. The third-order valence-corrected chi connectivity index (χ3v) is 3.47. The highest BCUT2D eigenvalue weighted by Gasteiger charge is 2.17. The summed E-state index contributed by atoms with van der Waals surface area (Å²) in [6, 6.07) is 0. The number of anilines is 2. The highest BCUT2D eigenvalue weighted by atomic mass is 16.2. The van der Waals surface area contributed by atoms with Crippen molar-refractivity contribution in [3.05, 3.63) is 11.4 Å². The van der Waals surface area contributed by atoms with Crippen molar-refractivity contribution >= 4 is 17.5 Å². The maximum atomic E-state index is 12.2. The van der Waals surface area contributed by atoms with Crippen molar-refractivity contribution in [2.24, 2.45) is 5.84 Å². The SMILES string of the molecule is CCc1nc(NN)c(C)c(N(C)CC(=O)N(CC)CC)n1. The molecule has 0 aliphatic rings. The molecule has 0 spiro atoms. The third-order valence-electron chi connectivity index (χ3n) is 3.47. The molecule has 0 saturated heterocycles. The number of nitrogen functional groups attached to an aromatic ring is 1. The summed E-state index contributed by atoms with van der Waals surface area (Å²) in [4.78, 5) is 24.7. The number of carbonyl (C=O) groups is 1. The van der Waals surface area contributed by atoms with E-state index in [-0.39, 0.29) is 12.5 Å². The number of nitrogens with zero attached hydrogens (tertiary/aromatic N) is 4. The lowest BCUT2D eigenvalue weighted by atomic mass is 10.2. The molecule has 0 fully saturated rings. The van der Waals surface area contributed by atoms with Gasteiger partial charge in [0.15, 0.2) is 0 Å². The van der Waals surface area contributed by atoms with Crippen LogP contribution in [0.2, 0.25) is 0 Å². The normalized spacial score (nSPS) is 10.4. The second-order valence-corrected chi connectivity index (χ2v) is 4.86. The molecule has 1 rings (SSSR count). The molecule has 7 heteroatoms. The summed E-state index contributed by atoms with van der Waals surface area (Å²) < 4.78 is 0. The average molecular weight is 294 g/mol. The minimum absolute atomic E-state index is 0.0841. The largest absolute Gasteiger partial charge is 0.350 e. The van der Waals surface area contributed by atoms with Gasteiger partial charge in [0.05, 0.1) is 6.54 Å². The number of rotatable bonds is 7. The van der Waals surface area contributed by atoms with Crippen molar-refractivity contribution in [1.29, 1.82) is 0 Å². The first kappa shape index (κ1) is 17.2. The minimum Gasteiger partial charge on any atom is -0.350 e. The molecule has 0 aliphatic carbocycles. The number of carbonyl (C=O) groups excluding carboxylic acids is 1. The van der Waals surface area contributed by atoms with Crippen LogP contribution < -0.4 is 16.2 Å². The molecule has 1 heterocycles. The number of hydrogen-bond donors (Lipinski definition) is 2. The van der Waals surface area contributed by atoms with E-state index in [0.29, 0.717) is 31.2 Å². The summed E-state index contributed by atoms with van der Waals surface area (Å²) in [5.41, 5.74) is 3.43. The lowest BCUT2D eigenvalue weighted by molar-refractivity contribution is -0.129. The Kier molecular flexibility index (Phi) is 6.36. The molecule has 0 saturated carbocycles. The highest BCUT2D eigenvalue weighted by Crippen LogP contribution is 2.22. The summed E-state index contributed by atoms with van der Waals surface area (Å²) in [5, 5.41) is 0. The molecule has 0 radical (unpaired) electrons. The van der Waals surface area contributed by atoms with Crippen molar-refractivity contribution in [1.82, 2.24) is 14.9 Å². The molecule has 0 atom stereocenters. The second kappa shape index (κ2) is 7.78. The molecule has 0 aromatic carbocycles. The standard InChI is InChI=1S/C14H26N6O/c1-6-11-16-13(18-15)10(4)14(17-11)19(5)9-12(21)20(7-2)8-3/h6-9,15H2,1-5H3,(H,16,17,18). The van der Waals surface area contributed by atoms with E-state index in [1.54, 1.807) is 4.90 Å². The maximum absolute atomic E-state index is 12.2. The lowest BCUT2D eigenvalue weighted by Gasteiger charge is -2.25. The summed E-state index contributed by atoms with van der Waals surface area (Å²) in [7, 11) is 1.86. The number of aryl methyl sites for hydroxylation is 1. The lowest BCUT2D eigenvalue weighted by Crippen LogP contribution is -2.39. The zero-order valence-electron chi connectivity index (χ0n) is 13.6. The molecular weight excluding hydrogens is 268 g/mol. The number of nitrogens with one attached hydrogen (secondary N) is 1. The van der Waals surface area contributed by atoms with Crippen molar-refractivity contribution in [2.75, 3.05) is 37.0 Å². The molecule has 1 amide bonds. The first-order chi connectivity index (χ1) is 9.98. The van der Waals surface area contributed by atoms with Crippen LogP contribution in [0.1, 0.15) is 32.2 Å². The zero-order valence-corrected chi connectivity index (χ0v) is 13.6. The van der Waals surface area contributed by atoms with Gasteiger partial charge in [-0.05, 0) is 20.8 Å². The van der Waals surface area contributed by atoms with Gasteiger partial charge in [-0.2, -0.15) is 0 Å². The highest BCUT2D eigenvalue weighted by molar-refractivity contribution is 5.81. The zero-order chi connectivity index (χ0) is 16.0. The van der Waals surface area contributed by atoms with E-state index in [1.807, 2.05) is 39.6 Å². The summed E-state index contributed by atoms with van der Waals surface area (Å²) in [6.07, 6.45) is 0.708. The van der Waals surface area contributed by atoms with E-state index in [2.05, 4.69) is 15.4 Å². The Morgan fingerprint density at radius 1 is 1.24 bits per heavy atom. The van der Waals surface area contributed by atoms with Crippen LogP contribution in [0.5, 0.6) is 0 Å². The monoisotopic (exact) mass is 294 g/mol. The Morgan fingerprint density at radius 2 is 1.86 bits per heavy atom. The van der Waals surface area contributed by atoms with Crippen molar-refractivity contribution in [3.8, 4) is 0 Å². The molecule has 118 valence electrons. The van der Waals surface area contributed by atoms with E-state index in [4.69, 9.17) is 5.84 Å². The first-order valence-electron chi connectivity index (χ1n) is 7.31. The summed E-state index contributed by atoms with van der Waals surface area (Å²) >= 11 is 0. The van der Waals surface area contributed by atoms with Gasteiger partial charge in [-0.25, -0.2) is 15.8 Å². The number of hydrogen-bond acceptors (Lipinski definition) is 6. The fourth-order valence-corrected chi connectivity index (χ4v) is 2.17. The van der Waals surface area contributed by atoms with Gasteiger partial charge in [0.1, 0.15) is 17.5 Å². The Balaban J connectivity index is 3.01. The van der Waals surface area contributed by atoms with E-state index in [9.17, 15) is 4.79 Å². The molecule has 1 aromatic heterocycles. The van der Waals surface area contributed by atoms with Gasteiger partial charge in [0.2, 0.25) is 5.91 Å². The van der Waals surface area contributed by atoms with Crippen LogP contribution in [0.15, 0.2) is 0 Å². The van der Waals surface area contributed by atoms with Crippen LogP contribution in [0, 0.1) is 6.92 Å². The molecule has 21 heavy (non-hydrogen) atoms. The second-order valence-electron chi connectivity index (χ2n) is 4.86. The van der Waals surface area contributed by atoms with Gasteiger partial charge < -0.3 is 15.2 Å². The molecule has 7 nitrogen and oxygen atoms in total. The van der Waals surface area contributed by atoms with Crippen LogP contribution in [-0.4, -0.2) is 47.5 Å². The fourth-order valence-electron chi connectivity index (χ4n) is 2.17. The topological polar surface area (TPSA) is 87.4 Å². The minimum atomic E-state index is 0.0841. The van der Waals surface area contributed by atoms with E-state index >= 15 is 0 Å². The van der Waals surface area contributed by atoms with Crippen LogP contribution >= 0.6 is 0 Å². The number of nitrogens with two attached hydrogens (primary N) is 1. The van der Waals surface area contributed by atoms with Gasteiger partial charge in [-0.1, -0.05) is 6.92 Å². The Morgan fingerprint density at radius 3 is 2.33 bits per heavy atom. The number of amides is 1. The number of aromatic nitrogens is 2. The van der Waals surface area contributed by atoms with Crippen LogP contribution in [0.4, 0.5) is 11.6 Å². The summed E-state index contributed by atoms with van der Waals surface area (Å²) in [6.45, 7) is 9.53. The van der Waals surface area contributed by atoms with Crippen molar-refractivity contribution in [3.63, 3.8) is 0 Å². The predicted molar refractivity (Wildman–Crippen MR) is 85.2 cm³/mol. The Bertz CT molecular complexity index is 487. The molecule has 0 aliphatic heterocycles. The van der Waals surface area contributed by atoms with E-state index < -0.39 is 0 Å². The fraction of sp³-hybridized carbons (Fsp3) is 0.643. The van der Waals surface area contributed by atoms with Gasteiger partial charge in [0.25, 0.3) is 0 Å². The smallest absolute Gasteiger partial charge is 0.242 e. The van der Waals surface area contributed by atoms with Gasteiger partial charge >= 0.3 is 0 Å². The Hall–Kier alpha value is -1.89. The van der Waals surface area contributed by atoms with Gasteiger partial charge in [0, 0.05) is 32.1 Å². The summed E-state index contributed by atoms with van der Waals surface area (Å²) in [5.74, 6) is 7.61. The molecule has 1 aromatic rings. The maximum Gasteiger partial charge on any atom is 0.242 e. The molecule has 3 N–H and O–H groups in total. The average Bonchev–Trinajstić information content (AvgIpc) is 2.48. The van der Waals surface area contributed by atoms with Crippen LogP contribution in [-0.2, 0) is 11.2 Å². The Labute approximate surface area is 126 Å². The van der Waals surface area contributed by atoms with Gasteiger partial charge in [-0.15, -0.1) is 0 Å². The van der Waals surface area contributed by atoms with Gasteiger partial charge in [-0.3, -0.25) is 4.79 Å². The molecule has 0 bridgehead atoms. The molecule has 0 unspecified atom stereocenters. The third kappa shape index (κ3) is 4.04. The predicted octanol–water partition coefficient (Wildman–Crippen LogP) is 0.938. The quantitative estimate of drug-likeness (QED) is 0.575. The molecular formula is C14H26N6O. The van der Waals surface area contributed by atoms with Crippen molar-refractivity contribution < 1.29 is 4.79 Å². The van der Waals surface area contributed by atoms with E-state index in [0.717, 1.165) is 11.4 Å².